The summed E-state index contributed by atoms with van der Waals surface area (Å²) in [6.07, 6.45) is 2.61. The average molecular weight is 389 g/mol. The number of piperidine rings is 1. The van der Waals surface area contributed by atoms with Crippen LogP contribution in [-0.4, -0.2) is 49.5 Å². The number of fused-ring (bicyclic) bond motifs is 2. The molecule has 2 aliphatic heterocycles. The van der Waals surface area contributed by atoms with Crippen LogP contribution in [0.1, 0.15) is 34.9 Å². The maximum Gasteiger partial charge on any atom is 0.244 e. The molecule has 4 nitrogen and oxygen atoms in total. The van der Waals surface area contributed by atoms with Crippen molar-refractivity contribution in [2.45, 2.75) is 30.9 Å². The zero-order chi connectivity index (χ0) is 19.0. The third-order valence-corrected chi connectivity index (χ3v) is 6.85. The van der Waals surface area contributed by atoms with Gasteiger partial charge in [0.1, 0.15) is 17.5 Å². The summed E-state index contributed by atoms with van der Waals surface area (Å²) in [5, 5.41) is 2.14. The monoisotopic (exact) mass is 388 g/mol. The highest BCUT2D eigenvalue weighted by molar-refractivity contribution is 7.10. The zero-order valence-corrected chi connectivity index (χ0v) is 16.6. The molecule has 0 aliphatic carbocycles. The Morgan fingerprint density at radius 3 is 2.78 bits per heavy atom. The second-order valence-corrected chi connectivity index (χ2v) is 8.53. The molecule has 1 atom stereocenters. The van der Waals surface area contributed by atoms with Crippen molar-refractivity contribution in [1.82, 2.24) is 9.80 Å². The Morgan fingerprint density at radius 2 is 2.07 bits per heavy atom. The van der Waals surface area contributed by atoms with Gasteiger partial charge in [0, 0.05) is 18.0 Å². The summed E-state index contributed by atoms with van der Waals surface area (Å²) in [5.74, 6) is -0.284. The van der Waals surface area contributed by atoms with Crippen LogP contribution in [0.15, 0.2) is 35.7 Å². The van der Waals surface area contributed by atoms with Crippen LogP contribution < -0.4 is 0 Å². The minimum atomic E-state index is -0.473. The van der Waals surface area contributed by atoms with E-state index >= 15 is 0 Å². The summed E-state index contributed by atoms with van der Waals surface area (Å²) in [4.78, 5) is 18.4. The Hall–Kier alpha value is -1.76. The number of ether oxygens (including phenoxy) is 1. The molecule has 1 fully saturated rings. The molecule has 0 N–H and O–H groups in total. The van der Waals surface area contributed by atoms with Gasteiger partial charge in [-0.25, -0.2) is 4.39 Å². The Bertz CT molecular complexity index is 827. The van der Waals surface area contributed by atoms with Crippen LogP contribution in [0.2, 0.25) is 0 Å². The number of likely N-dealkylation sites (tertiary alicyclic amines) is 1. The Labute approximate surface area is 163 Å². The highest BCUT2D eigenvalue weighted by atomic mass is 32.1. The van der Waals surface area contributed by atoms with Crippen molar-refractivity contribution >= 4 is 17.2 Å². The second-order valence-electron chi connectivity index (χ2n) is 7.61. The Kier molecular flexibility index (Phi) is 5.05. The minimum absolute atomic E-state index is 0.0302. The van der Waals surface area contributed by atoms with Gasteiger partial charge in [-0.3, -0.25) is 9.69 Å². The smallest absolute Gasteiger partial charge is 0.244 e. The molecular formula is C21H25FN2O2S. The fraction of sp³-hybridized carbons (Fsp3) is 0.476. The van der Waals surface area contributed by atoms with Crippen LogP contribution in [-0.2, 0) is 21.6 Å². The lowest BCUT2D eigenvalue weighted by atomic mass is 9.85. The van der Waals surface area contributed by atoms with Crippen molar-refractivity contribution in [2.75, 3.05) is 33.8 Å². The first-order valence-corrected chi connectivity index (χ1v) is 10.3. The third kappa shape index (κ3) is 3.42. The van der Waals surface area contributed by atoms with Gasteiger partial charge in [0.25, 0.3) is 0 Å². The lowest BCUT2D eigenvalue weighted by Crippen LogP contribution is -2.50. The predicted molar refractivity (Wildman–Crippen MR) is 104 cm³/mol. The average Bonchev–Trinajstić information content (AvgIpc) is 3.13. The van der Waals surface area contributed by atoms with Crippen molar-refractivity contribution in [3.8, 4) is 0 Å². The molecule has 4 rings (SSSR count). The molecule has 0 bridgehead atoms. The summed E-state index contributed by atoms with van der Waals surface area (Å²) >= 11 is 1.77. The highest BCUT2D eigenvalue weighted by Gasteiger charge is 2.43. The molecule has 1 amide bonds. The lowest BCUT2D eigenvalue weighted by Gasteiger charge is -2.44. The van der Waals surface area contributed by atoms with Gasteiger partial charge in [0.15, 0.2) is 0 Å². The Morgan fingerprint density at radius 1 is 1.30 bits per heavy atom. The predicted octanol–water partition coefficient (Wildman–Crippen LogP) is 3.58. The van der Waals surface area contributed by atoms with Crippen LogP contribution >= 0.6 is 11.3 Å². The molecule has 2 aliphatic rings. The van der Waals surface area contributed by atoms with E-state index in [-0.39, 0.29) is 17.3 Å². The number of amides is 1. The molecular weight excluding hydrogens is 363 g/mol. The van der Waals surface area contributed by atoms with Crippen molar-refractivity contribution in [3.05, 3.63) is 57.5 Å². The first-order chi connectivity index (χ1) is 13.0. The molecule has 144 valence electrons. The summed E-state index contributed by atoms with van der Waals surface area (Å²) in [7, 11) is 3.72. The van der Waals surface area contributed by atoms with Gasteiger partial charge in [-0.1, -0.05) is 12.1 Å². The second kappa shape index (κ2) is 7.34. The SMILES string of the molecule is CN(C)C(C(=O)N1CCC2(CC1)OCCc1ccsc12)c1cccc(F)c1. The fourth-order valence-corrected chi connectivity index (χ4v) is 5.49. The number of benzene rings is 1. The maximum absolute atomic E-state index is 13.7. The number of hydrogen-bond donors (Lipinski definition) is 0. The van der Waals surface area contributed by atoms with Gasteiger partial charge in [-0.2, -0.15) is 0 Å². The van der Waals surface area contributed by atoms with E-state index in [9.17, 15) is 9.18 Å². The van der Waals surface area contributed by atoms with Gasteiger partial charge in [-0.15, -0.1) is 11.3 Å². The van der Waals surface area contributed by atoms with E-state index in [1.165, 1.54) is 22.6 Å². The standard InChI is InChI=1S/C21H25FN2O2S/c1-23(2)18(16-4-3-5-17(22)14-16)20(25)24-10-8-21(9-11-24)19-15(6-12-26-21)7-13-27-19/h3-5,7,13-14,18H,6,8-12H2,1-2H3. The molecule has 1 saturated heterocycles. The first-order valence-electron chi connectivity index (χ1n) is 9.42. The van der Waals surface area contributed by atoms with E-state index in [2.05, 4.69) is 11.4 Å². The number of nitrogens with zero attached hydrogens (tertiary/aromatic N) is 2. The van der Waals surface area contributed by atoms with E-state index in [4.69, 9.17) is 4.74 Å². The van der Waals surface area contributed by atoms with Crippen molar-refractivity contribution in [1.29, 1.82) is 0 Å². The van der Waals surface area contributed by atoms with Crippen LogP contribution in [0.5, 0.6) is 0 Å². The number of carbonyl (C=O) groups is 1. The Balaban J connectivity index is 1.51. The van der Waals surface area contributed by atoms with Crippen molar-refractivity contribution in [3.63, 3.8) is 0 Å². The van der Waals surface area contributed by atoms with Gasteiger partial charge in [0.2, 0.25) is 5.91 Å². The largest absolute Gasteiger partial charge is 0.369 e. The van der Waals surface area contributed by atoms with E-state index in [1.54, 1.807) is 17.4 Å². The normalized spacial score (nSPS) is 19.9. The molecule has 27 heavy (non-hydrogen) atoms. The summed E-state index contributed by atoms with van der Waals surface area (Å²) in [5.41, 5.74) is 1.86. The lowest BCUT2D eigenvalue weighted by molar-refractivity contribution is -0.145. The van der Waals surface area contributed by atoms with Crippen LogP contribution in [0, 0.1) is 5.82 Å². The molecule has 1 unspecified atom stereocenters. The van der Waals surface area contributed by atoms with Crippen LogP contribution in [0.25, 0.3) is 0 Å². The van der Waals surface area contributed by atoms with Gasteiger partial charge in [0.05, 0.1) is 6.61 Å². The van der Waals surface area contributed by atoms with E-state index < -0.39 is 6.04 Å². The van der Waals surface area contributed by atoms with Crippen molar-refractivity contribution < 1.29 is 13.9 Å². The third-order valence-electron chi connectivity index (χ3n) is 5.71. The number of carbonyl (C=O) groups excluding carboxylic acids is 1. The quantitative estimate of drug-likeness (QED) is 0.806. The number of rotatable bonds is 3. The molecule has 1 aromatic heterocycles. The van der Waals surface area contributed by atoms with Gasteiger partial charge < -0.3 is 9.64 Å². The maximum atomic E-state index is 13.7. The molecule has 1 aromatic carbocycles. The number of hydrogen-bond acceptors (Lipinski definition) is 4. The van der Waals surface area contributed by atoms with Gasteiger partial charge in [-0.05, 0) is 68.1 Å². The summed E-state index contributed by atoms with van der Waals surface area (Å²) in [6, 6.07) is 8.07. The van der Waals surface area contributed by atoms with Crippen molar-refractivity contribution in [2.24, 2.45) is 0 Å². The number of thiophene rings is 1. The number of likely N-dealkylation sites (N-methyl/N-ethyl adjacent to an activating group) is 1. The highest BCUT2D eigenvalue weighted by Crippen LogP contribution is 2.44. The summed E-state index contributed by atoms with van der Waals surface area (Å²) < 4.78 is 19.9. The molecule has 1 spiro atoms. The van der Waals surface area contributed by atoms with E-state index in [0.717, 1.165) is 25.9 Å². The topological polar surface area (TPSA) is 32.8 Å². The summed E-state index contributed by atoms with van der Waals surface area (Å²) in [6.45, 7) is 2.08. The molecule has 0 saturated carbocycles. The first kappa shape index (κ1) is 18.6. The molecule has 0 radical (unpaired) electrons. The molecule has 3 heterocycles. The fourth-order valence-electron chi connectivity index (χ4n) is 4.33. The zero-order valence-electron chi connectivity index (χ0n) is 15.8. The minimum Gasteiger partial charge on any atom is -0.369 e. The molecule has 6 heteroatoms. The van der Waals surface area contributed by atoms with E-state index in [1.807, 2.05) is 30.0 Å². The number of halogens is 1. The van der Waals surface area contributed by atoms with Crippen LogP contribution in [0.4, 0.5) is 4.39 Å². The van der Waals surface area contributed by atoms with Gasteiger partial charge >= 0.3 is 0 Å². The van der Waals surface area contributed by atoms with E-state index in [0.29, 0.717) is 18.7 Å². The molecule has 2 aromatic rings. The van der Waals surface area contributed by atoms with Crippen LogP contribution in [0.3, 0.4) is 0 Å².